The van der Waals surface area contributed by atoms with Crippen molar-refractivity contribution in [1.82, 2.24) is 25.3 Å². The number of benzene rings is 1. The number of nitrogen functional groups attached to an aromatic ring is 1. The Labute approximate surface area is 240 Å². The molecule has 222 valence electrons. The number of carbonyl (C=O) groups excluding carboxylic acids is 3. The highest BCUT2D eigenvalue weighted by Gasteiger charge is 2.37. The Balaban J connectivity index is 1.25. The number of phenols is 1. The van der Waals surface area contributed by atoms with Crippen LogP contribution in [0.2, 0.25) is 0 Å². The number of nitrogens with zero attached hydrogens (tertiary/aromatic N) is 5. The topological polar surface area (TPSA) is 165 Å². The largest absolute Gasteiger partial charge is 0.507 e. The lowest BCUT2D eigenvalue weighted by atomic mass is 9.85. The molecular formula is C29H41N7O5. The normalized spacial score (nSPS) is 18.3. The van der Waals surface area contributed by atoms with Gasteiger partial charge in [0.15, 0.2) is 5.82 Å². The second-order valence-electron chi connectivity index (χ2n) is 11.8. The van der Waals surface area contributed by atoms with Crippen molar-refractivity contribution in [3.05, 3.63) is 30.3 Å². The number of nitrogens with one attached hydrogen (secondary N) is 1. The zero-order valence-corrected chi connectivity index (χ0v) is 24.0. The number of aliphatic hydroxyl groups excluding tert-OH is 1. The molecular weight excluding hydrogens is 526 g/mol. The minimum Gasteiger partial charge on any atom is -0.507 e. The van der Waals surface area contributed by atoms with Gasteiger partial charge in [-0.2, -0.15) is 0 Å². The summed E-state index contributed by atoms with van der Waals surface area (Å²) >= 11 is 0. The SMILES string of the molecule is CC(C)(C)[C@H](NC(=O)CCCC(=O)N1CCN(c2cc(-c3ccccc3O)nnc2N)CC1)C(=O)N1CC[C@@H](O)C1. The number of hydrogen-bond acceptors (Lipinski definition) is 9. The Morgan fingerprint density at radius 1 is 1.05 bits per heavy atom. The van der Waals surface area contributed by atoms with Crippen LogP contribution in [0.1, 0.15) is 46.5 Å². The lowest BCUT2D eigenvalue weighted by molar-refractivity contribution is -0.139. The van der Waals surface area contributed by atoms with E-state index in [0.717, 1.165) is 0 Å². The number of nitrogens with two attached hydrogens (primary N) is 1. The zero-order valence-electron chi connectivity index (χ0n) is 24.0. The number of rotatable bonds is 8. The molecule has 4 rings (SSSR count). The number of para-hydroxylation sites is 1. The average molecular weight is 568 g/mol. The zero-order chi connectivity index (χ0) is 29.7. The van der Waals surface area contributed by atoms with Gasteiger partial charge < -0.3 is 36.0 Å². The highest BCUT2D eigenvalue weighted by Crippen LogP contribution is 2.31. The quantitative estimate of drug-likeness (QED) is 0.369. The molecule has 2 aromatic rings. The van der Waals surface area contributed by atoms with Gasteiger partial charge in [-0.05, 0) is 36.5 Å². The van der Waals surface area contributed by atoms with Gasteiger partial charge in [0, 0.05) is 57.7 Å². The molecule has 0 bridgehead atoms. The van der Waals surface area contributed by atoms with Crippen LogP contribution in [0.3, 0.4) is 0 Å². The van der Waals surface area contributed by atoms with Gasteiger partial charge >= 0.3 is 0 Å². The second kappa shape index (κ2) is 12.7. The summed E-state index contributed by atoms with van der Waals surface area (Å²) in [7, 11) is 0. The number of likely N-dealkylation sites (tertiary alicyclic amines) is 1. The maximum absolute atomic E-state index is 13.0. The third-order valence-corrected chi connectivity index (χ3v) is 7.64. The third kappa shape index (κ3) is 7.43. The van der Waals surface area contributed by atoms with Crippen molar-refractivity contribution in [2.24, 2.45) is 5.41 Å². The van der Waals surface area contributed by atoms with Crippen molar-refractivity contribution in [3.8, 4) is 17.0 Å². The van der Waals surface area contributed by atoms with E-state index in [0.29, 0.717) is 62.5 Å². The van der Waals surface area contributed by atoms with E-state index in [1.807, 2.05) is 31.7 Å². The highest BCUT2D eigenvalue weighted by atomic mass is 16.3. The van der Waals surface area contributed by atoms with Gasteiger partial charge in [0.25, 0.3) is 0 Å². The molecule has 3 amide bonds. The van der Waals surface area contributed by atoms with Crippen LogP contribution in [0.15, 0.2) is 30.3 Å². The summed E-state index contributed by atoms with van der Waals surface area (Å²) in [5.74, 6) is -0.0928. The van der Waals surface area contributed by atoms with Gasteiger partial charge in [0.2, 0.25) is 17.7 Å². The van der Waals surface area contributed by atoms with Crippen molar-refractivity contribution < 1.29 is 24.6 Å². The van der Waals surface area contributed by atoms with Gasteiger partial charge in [0.05, 0.1) is 17.5 Å². The van der Waals surface area contributed by atoms with Crippen molar-refractivity contribution >= 4 is 29.2 Å². The molecule has 12 nitrogen and oxygen atoms in total. The Kier molecular flexibility index (Phi) is 9.31. The van der Waals surface area contributed by atoms with Crippen LogP contribution in [0.25, 0.3) is 11.3 Å². The fraction of sp³-hybridized carbons (Fsp3) is 0.552. The van der Waals surface area contributed by atoms with Crippen LogP contribution in [-0.2, 0) is 14.4 Å². The Bertz CT molecular complexity index is 1260. The fourth-order valence-corrected chi connectivity index (χ4v) is 5.23. The molecule has 0 saturated carbocycles. The first-order valence-electron chi connectivity index (χ1n) is 14.1. The Hall–Kier alpha value is -3.93. The number of aliphatic hydroxyl groups is 1. The molecule has 2 saturated heterocycles. The first-order valence-corrected chi connectivity index (χ1v) is 14.1. The number of aromatic hydroxyl groups is 1. The summed E-state index contributed by atoms with van der Waals surface area (Å²) in [6, 6.07) is 7.99. The van der Waals surface area contributed by atoms with E-state index in [4.69, 9.17) is 5.73 Å². The molecule has 0 spiro atoms. The molecule has 2 aliphatic heterocycles. The number of phenolic OH excluding ortho intramolecular Hbond substituents is 1. The third-order valence-electron chi connectivity index (χ3n) is 7.64. The van der Waals surface area contributed by atoms with Crippen LogP contribution in [0.5, 0.6) is 5.75 Å². The van der Waals surface area contributed by atoms with E-state index in [9.17, 15) is 24.6 Å². The molecule has 12 heteroatoms. The molecule has 0 aliphatic carbocycles. The first kappa shape index (κ1) is 30.0. The van der Waals surface area contributed by atoms with E-state index < -0.39 is 17.6 Å². The van der Waals surface area contributed by atoms with Crippen molar-refractivity contribution in [1.29, 1.82) is 0 Å². The summed E-state index contributed by atoms with van der Waals surface area (Å²) in [5.41, 5.74) is 7.40. The fourth-order valence-electron chi connectivity index (χ4n) is 5.23. The summed E-state index contributed by atoms with van der Waals surface area (Å²) in [6.45, 7) is 8.57. The number of hydrogen-bond donors (Lipinski definition) is 4. The van der Waals surface area contributed by atoms with Crippen molar-refractivity contribution in [2.45, 2.75) is 58.6 Å². The van der Waals surface area contributed by atoms with Gasteiger partial charge in [-0.15, -0.1) is 10.2 Å². The molecule has 41 heavy (non-hydrogen) atoms. The molecule has 2 aliphatic rings. The number of carbonyl (C=O) groups is 3. The molecule has 0 radical (unpaired) electrons. The number of piperazine rings is 1. The Morgan fingerprint density at radius 2 is 1.76 bits per heavy atom. The van der Waals surface area contributed by atoms with E-state index in [1.54, 1.807) is 34.1 Å². The van der Waals surface area contributed by atoms with Gasteiger partial charge in [-0.3, -0.25) is 14.4 Å². The summed E-state index contributed by atoms with van der Waals surface area (Å²) in [6.07, 6.45) is 0.768. The molecule has 3 heterocycles. The summed E-state index contributed by atoms with van der Waals surface area (Å²) < 4.78 is 0. The highest BCUT2D eigenvalue weighted by molar-refractivity contribution is 5.88. The summed E-state index contributed by atoms with van der Waals surface area (Å²) in [4.78, 5) is 44.1. The maximum atomic E-state index is 13.0. The van der Waals surface area contributed by atoms with Crippen LogP contribution in [-0.4, -0.2) is 99.3 Å². The average Bonchev–Trinajstić information content (AvgIpc) is 3.38. The number of amides is 3. The van der Waals surface area contributed by atoms with Crippen LogP contribution in [0, 0.1) is 5.41 Å². The predicted molar refractivity (Wildman–Crippen MR) is 155 cm³/mol. The molecule has 2 atom stereocenters. The predicted octanol–water partition coefficient (Wildman–Crippen LogP) is 1.37. The van der Waals surface area contributed by atoms with Gasteiger partial charge in [-0.1, -0.05) is 32.9 Å². The lowest BCUT2D eigenvalue weighted by Crippen LogP contribution is -2.54. The van der Waals surface area contributed by atoms with E-state index >= 15 is 0 Å². The molecule has 2 fully saturated rings. The maximum Gasteiger partial charge on any atom is 0.245 e. The first-order chi connectivity index (χ1) is 19.4. The minimum absolute atomic E-state index is 0.0253. The lowest BCUT2D eigenvalue weighted by Gasteiger charge is -2.36. The minimum atomic E-state index is -0.703. The number of anilines is 2. The van der Waals surface area contributed by atoms with Crippen LogP contribution >= 0.6 is 0 Å². The van der Waals surface area contributed by atoms with E-state index in [1.165, 1.54) is 0 Å². The van der Waals surface area contributed by atoms with E-state index in [2.05, 4.69) is 15.5 Å². The van der Waals surface area contributed by atoms with Gasteiger partial charge in [0.1, 0.15) is 11.8 Å². The standard InChI is InChI=1S/C29H41N7O5/c1-29(2,3)26(28(41)36-12-11-19(37)18-36)31-24(39)9-6-10-25(40)35-15-13-34(14-16-35)22-17-21(32-33-27(22)30)20-7-4-5-8-23(20)38/h4-5,7-8,17,19,26,37-38H,6,9-16,18H2,1-3H3,(H2,30,33)(H,31,39)/t19-,26-/m1/s1. The smallest absolute Gasteiger partial charge is 0.245 e. The van der Waals surface area contributed by atoms with Crippen molar-refractivity contribution in [2.75, 3.05) is 49.9 Å². The van der Waals surface area contributed by atoms with Crippen LogP contribution < -0.4 is 16.0 Å². The monoisotopic (exact) mass is 567 g/mol. The molecule has 1 aromatic heterocycles. The number of β-amino-alcohol motifs (C(OH)–C–C–N with tert-alkyl or cyclic N) is 1. The van der Waals surface area contributed by atoms with Crippen LogP contribution in [0.4, 0.5) is 11.5 Å². The summed E-state index contributed by atoms with van der Waals surface area (Å²) in [5, 5.41) is 31.1. The van der Waals surface area contributed by atoms with Crippen molar-refractivity contribution in [3.63, 3.8) is 0 Å². The second-order valence-corrected chi connectivity index (χ2v) is 11.8. The molecule has 0 unspecified atom stereocenters. The molecule has 5 N–H and O–H groups in total. The van der Waals surface area contributed by atoms with Gasteiger partial charge in [-0.25, -0.2) is 0 Å². The van der Waals surface area contributed by atoms with E-state index in [-0.39, 0.29) is 48.7 Å². The molecule has 1 aromatic carbocycles. The number of aromatic nitrogens is 2. The Morgan fingerprint density at radius 3 is 2.39 bits per heavy atom.